The standard InChI is InChI=1S/C14H18N4O/c1-10(15-2)11-4-6-12(7-5-11)16-14(19)13-8-9-18(3)17-13/h4-10,15H,1-3H3,(H,16,19). The van der Waals surface area contributed by atoms with Crippen molar-refractivity contribution < 1.29 is 4.79 Å². The second-order valence-electron chi connectivity index (χ2n) is 4.46. The lowest BCUT2D eigenvalue weighted by Gasteiger charge is -2.11. The van der Waals surface area contributed by atoms with Crippen LogP contribution in [0.4, 0.5) is 5.69 Å². The van der Waals surface area contributed by atoms with Gasteiger partial charge < -0.3 is 10.6 Å². The van der Waals surface area contributed by atoms with Crippen molar-refractivity contribution in [3.8, 4) is 0 Å². The van der Waals surface area contributed by atoms with Crippen LogP contribution in [0.5, 0.6) is 0 Å². The molecule has 0 fully saturated rings. The summed E-state index contributed by atoms with van der Waals surface area (Å²) in [7, 11) is 3.70. The summed E-state index contributed by atoms with van der Waals surface area (Å²) in [6, 6.07) is 9.76. The van der Waals surface area contributed by atoms with E-state index < -0.39 is 0 Å². The summed E-state index contributed by atoms with van der Waals surface area (Å²) in [5, 5.41) is 10.1. The van der Waals surface area contributed by atoms with E-state index in [1.807, 2.05) is 31.3 Å². The van der Waals surface area contributed by atoms with Crippen LogP contribution in [0.2, 0.25) is 0 Å². The summed E-state index contributed by atoms with van der Waals surface area (Å²) in [5.41, 5.74) is 2.36. The Labute approximate surface area is 112 Å². The van der Waals surface area contributed by atoms with Gasteiger partial charge in [0.1, 0.15) is 0 Å². The molecular formula is C14H18N4O. The van der Waals surface area contributed by atoms with Gasteiger partial charge in [0.2, 0.25) is 0 Å². The Hall–Kier alpha value is -2.14. The number of anilines is 1. The van der Waals surface area contributed by atoms with Crippen LogP contribution < -0.4 is 10.6 Å². The van der Waals surface area contributed by atoms with E-state index in [0.29, 0.717) is 11.7 Å². The molecule has 5 nitrogen and oxygen atoms in total. The van der Waals surface area contributed by atoms with Gasteiger partial charge in [0, 0.05) is 25.0 Å². The summed E-state index contributed by atoms with van der Waals surface area (Å²) in [4.78, 5) is 11.9. The molecule has 0 aliphatic heterocycles. The molecule has 0 spiro atoms. The Morgan fingerprint density at radius 2 is 1.95 bits per heavy atom. The van der Waals surface area contributed by atoms with Crippen molar-refractivity contribution in [3.63, 3.8) is 0 Å². The van der Waals surface area contributed by atoms with Crippen LogP contribution in [0.3, 0.4) is 0 Å². The van der Waals surface area contributed by atoms with Crippen molar-refractivity contribution in [3.05, 3.63) is 47.8 Å². The van der Waals surface area contributed by atoms with Gasteiger partial charge in [-0.2, -0.15) is 5.10 Å². The van der Waals surface area contributed by atoms with Gasteiger partial charge in [-0.15, -0.1) is 0 Å². The Morgan fingerprint density at radius 3 is 2.47 bits per heavy atom. The number of nitrogens with zero attached hydrogens (tertiary/aromatic N) is 2. The molecule has 1 amide bonds. The fraction of sp³-hybridized carbons (Fsp3) is 0.286. The van der Waals surface area contributed by atoms with E-state index in [1.165, 1.54) is 5.56 Å². The van der Waals surface area contributed by atoms with Crippen LogP contribution >= 0.6 is 0 Å². The summed E-state index contributed by atoms with van der Waals surface area (Å²) in [6.45, 7) is 2.08. The molecule has 1 aromatic carbocycles. The zero-order valence-corrected chi connectivity index (χ0v) is 11.3. The number of aryl methyl sites for hydroxylation is 1. The van der Waals surface area contributed by atoms with Crippen LogP contribution in [0.15, 0.2) is 36.5 Å². The summed E-state index contributed by atoms with van der Waals surface area (Å²) in [6.07, 6.45) is 1.74. The molecule has 1 aromatic heterocycles. The first-order valence-electron chi connectivity index (χ1n) is 6.18. The van der Waals surface area contributed by atoms with E-state index in [-0.39, 0.29) is 5.91 Å². The maximum Gasteiger partial charge on any atom is 0.276 e. The molecule has 19 heavy (non-hydrogen) atoms. The molecular weight excluding hydrogens is 240 g/mol. The zero-order chi connectivity index (χ0) is 13.8. The first kappa shape index (κ1) is 13.3. The number of nitrogens with one attached hydrogen (secondary N) is 2. The molecule has 0 radical (unpaired) electrons. The minimum absolute atomic E-state index is 0.199. The van der Waals surface area contributed by atoms with Gasteiger partial charge in [-0.3, -0.25) is 9.48 Å². The number of amides is 1. The largest absolute Gasteiger partial charge is 0.321 e. The van der Waals surface area contributed by atoms with E-state index in [9.17, 15) is 4.79 Å². The molecule has 0 bridgehead atoms. The topological polar surface area (TPSA) is 58.9 Å². The van der Waals surface area contributed by atoms with Crippen molar-refractivity contribution in [2.75, 3.05) is 12.4 Å². The van der Waals surface area contributed by atoms with E-state index in [2.05, 4.69) is 22.7 Å². The van der Waals surface area contributed by atoms with Gasteiger partial charge in [-0.25, -0.2) is 0 Å². The van der Waals surface area contributed by atoms with Gasteiger partial charge in [0.05, 0.1) is 0 Å². The van der Waals surface area contributed by atoms with E-state index in [0.717, 1.165) is 5.69 Å². The van der Waals surface area contributed by atoms with Gasteiger partial charge >= 0.3 is 0 Å². The highest BCUT2D eigenvalue weighted by molar-refractivity contribution is 6.02. The average Bonchev–Trinajstić information content (AvgIpc) is 2.85. The van der Waals surface area contributed by atoms with Crippen molar-refractivity contribution in [2.45, 2.75) is 13.0 Å². The SMILES string of the molecule is CNC(C)c1ccc(NC(=O)c2ccn(C)n2)cc1. The minimum Gasteiger partial charge on any atom is -0.321 e. The number of aromatic nitrogens is 2. The summed E-state index contributed by atoms with van der Waals surface area (Å²) in [5.74, 6) is -0.199. The molecule has 1 unspecified atom stereocenters. The maximum atomic E-state index is 11.9. The number of hydrogen-bond donors (Lipinski definition) is 2. The molecule has 0 saturated carbocycles. The van der Waals surface area contributed by atoms with Crippen molar-refractivity contribution >= 4 is 11.6 Å². The van der Waals surface area contributed by atoms with Crippen molar-refractivity contribution in [2.24, 2.45) is 7.05 Å². The number of carbonyl (C=O) groups is 1. The quantitative estimate of drug-likeness (QED) is 0.881. The second kappa shape index (κ2) is 5.67. The van der Waals surface area contributed by atoms with E-state index in [1.54, 1.807) is 24.0 Å². The van der Waals surface area contributed by atoms with Gasteiger partial charge in [-0.05, 0) is 37.7 Å². The molecule has 100 valence electrons. The molecule has 0 saturated heterocycles. The molecule has 0 aliphatic rings. The smallest absolute Gasteiger partial charge is 0.276 e. The predicted octanol–water partition coefficient (Wildman–Crippen LogP) is 1.95. The molecule has 2 aromatic rings. The van der Waals surface area contributed by atoms with Crippen molar-refractivity contribution in [1.82, 2.24) is 15.1 Å². The lowest BCUT2D eigenvalue weighted by atomic mass is 10.1. The van der Waals surface area contributed by atoms with Gasteiger partial charge in [0.25, 0.3) is 5.91 Å². The highest BCUT2D eigenvalue weighted by Gasteiger charge is 2.09. The molecule has 2 rings (SSSR count). The van der Waals surface area contributed by atoms with Crippen LogP contribution in [0.1, 0.15) is 29.0 Å². The summed E-state index contributed by atoms with van der Waals surface area (Å²) < 4.78 is 1.60. The Morgan fingerprint density at radius 1 is 1.26 bits per heavy atom. The number of rotatable bonds is 4. The van der Waals surface area contributed by atoms with Crippen LogP contribution in [-0.4, -0.2) is 22.7 Å². The maximum absolute atomic E-state index is 11.9. The molecule has 1 atom stereocenters. The zero-order valence-electron chi connectivity index (χ0n) is 11.3. The Balaban J connectivity index is 2.05. The fourth-order valence-electron chi connectivity index (χ4n) is 1.75. The number of carbonyl (C=O) groups excluding carboxylic acids is 1. The monoisotopic (exact) mass is 258 g/mol. The van der Waals surface area contributed by atoms with E-state index >= 15 is 0 Å². The average molecular weight is 258 g/mol. The van der Waals surface area contributed by atoms with Crippen molar-refractivity contribution in [1.29, 1.82) is 0 Å². The highest BCUT2D eigenvalue weighted by Crippen LogP contribution is 2.16. The van der Waals surface area contributed by atoms with Crippen LogP contribution in [0, 0.1) is 0 Å². The third-order valence-corrected chi connectivity index (χ3v) is 3.05. The molecule has 0 aliphatic carbocycles. The predicted molar refractivity (Wildman–Crippen MR) is 75.1 cm³/mol. The molecule has 2 N–H and O–H groups in total. The van der Waals surface area contributed by atoms with E-state index in [4.69, 9.17) is 0 Å². The van der Waals surface area contributed by atoms with Crippen LogP contribution in [-0.2, 0) is 7.05 Å². The first-order valence-corrected chi connectivity index (χ1v) is 6.18. The lowest BCUT2D eigenvalue weighted by Crippen LogP contribution is -2.14. The number of hydrogen-bond acceptors (Lipinski definition) is 3. The lowest BCUT2D eigenvalue weighted by molar-refractivity contribution is 0.102. The van der Waals surface area contributed by atoms with Gasteiger partial charge in [0.15, 0.2) is 5.69 Å². The first-order chi connectivity index (χ1) is 9.10. The third kappa shape index (κ3) is 3.20. The molecule has 1 heterocycles. The normalized spacial score (nSPS) is 12.2. The fourth-order valence-corrected chi connectivity index (χ4v) is 1.75. The Bertz CT molecular complexity index is 559. The van der Waals surface area contributed by atoms with Crippen LogP contribution in [0.25, 0.3) is 0 Å². The third-order valence-electron chi connectivity index (χ3n) is 3.05. The second-order valence-corrected chi connectivity index (χ2v) is 4.46. The number of benzene rings is 1. The highest BCUT2D eigenvalue weighted by atomic mass is 16.1. The Kier molecular flexibility index (Phi) is 3.97. The van der Waals surface area contributed by atoms with Gasteiger partial charge in [-0.1, -0.05) is 12.1 Å². The molecule has 5 heteroatoms. The summed E-state index contributed by atoms with van der Waals surface area (Å²) >= 11 is 0. The minimum atomic E-state index is -0.199.